The van der Waals surface area contributed by atoms with Gasteiger partial charge in [0.25, 0.3) is 0 Å². The number of nitrogens with one attached hydrogen (secondary N) is 5. The number of unbranched alkanes of at least 4 members (excludes halogenated alkanes) is 1. The number of benzene rings is 2. The Kier molecular flexibility index (Phi) is 18.8. The Hall–Kier alpha value is -5.67. The average molecular weight is 866 g/mol. The molecule has 0 fully saturated rings. The fraction of sp³-hybridized carbons (Fsp3) is 0.587. The molecule has 0 saturated heterocycles. The topological polar surface area (TPSA) is 228 Å². The third-order valence-electron chi connectivity index (χ3n) is 10.3. The van der Waals surface area contributed by atoms with E-state index >= 15 is 0 Å². The predicted octanol–water partition coefficient (Wildman–Crippen LogP) is 5.95. The molecule has 3 rings (SSSR count). The first kappa shape index (κ1) is 50.7. The van der Waals surface area contributed by atoms with Gasteiger partial charge in [0, 0.05) is 18.9 Å². The van der Waals surface area contributed by atoms with Crippen molar-refractivity contribution in [3.63, 3.8) is 0 Å². The van der Waals surface area contributed by atoms with Crippen molar-refractivity contribution in [3.8, 4) is 11.1 Å². The van der Waals surface area contributed by atoms with Gasteiger partial charge in [-0.15, -0.1) is 0 Å². The SMILES string of the molecule is CCC(C)C(NC(=O)OCC1c2ccccc2-c2ccccc21)C(=O)NC(C(=O)NC(CCCCNC(=O)OC(C)(C)C)C(=O)NC(CCC(=O)OC(C)(C)C)C(=O)O)C(C)C. The summed E-state index contributed by atoms with van der Waals surface area (Å²) in [6.07, 6.45) is -0.748. The molecule has 16 heteroatoms. The molecule has 0 aliphatic heterocycles. The Balaban J connectivity index is 1.73. The summed E-state index contributed by atoms with van der Waals surface area (Å²) in [5.41, 5.74) is 2.72. The van der Waals surface area contributed by atoms with Crippen LogP contribution in [0.5, 0.6) is 0 Å². The van der Waals surface area contributed by atoms with Crippen molar-refractivity contribution in [2.24, 2.45) is 11.8 Å². The number of fused-ring (bicyclic) bond motifs is 3. The number of esters is 1. The quantitative estimate of drug-likeness (QED) is 0.0488. The summed E-state index contributed by atoms with van der Waals surface area (Å²) in [7, 11) is 0. The van der Waals surface area contributed by atoms with Crippen LogP contribution in [0.25, 0.3) is 11.1 Å². The first-order chi connectivity index (χ1) is 29.0. The molecule has 0 radical (unpaired) electrons. The Bertz CT molecular complexity index is 1840. The van der Waals surface area contributed by atoms with Crippen molar-refractivity contribution in [3.05, 3.63) is 59.7 Å². The van der Waals surface area contributed by atoms with Gasteiger partial charge in [0.15, 0.2) is 0 Å². The average Bonchev–Trinajstić information content (AvgIpc) is 3.50. The number of hydrogen-bond donors (Lipinski definition) is 6. The van der Waals surface area contributed by atoms with E-state index in [9.17, 15) is 38.7 Å². The van der Waals surface area contributed by atoms with Gasteiger partial charge in [-0.1, -0.05) is 82.6 Å². The molecule has 0 saturated carbocycles. The summed E-state index contributed by atoms with van der Waals surface area (Å²) >= 11 is 0. The molecule has 6 N–H and O–H groups in total. The van der Waals surface area contributed by atoms with E-state index < -0.39 is 83.1 Å². The third-order valence-corrected chi connectivity index (χ3v) is 10.3. The largest absolute Gasteiger partial charge is 0.480 e. The Morgan fingerprint density at radius 1 is 0.661 bits per heavy atom. The van der Waals surface area contributed by atoms with Crippen molar-refractivity contribution in [1.29, 1.82) is 0 Å². The number of carbonyl (C=O) groups is 7. The smallest absolute Gasteiger partial charge is 0.407 e. The highest BCUT2D eigenvalue weighted by Gasteiger charge is 2.35. The van der Waals surface area contributed by atoms with E-state index in [-0.39, 0.29) is 44.2 Å². The maximum atomic E-state index is 14.0. The van der Waals surface area contributed by atoms with Crippen LogP contribution >= 0.6 is 0 Å². The lowest BCUT2D eigenvalue weighted by atomic mass is 9.96. The molecule has 1 aliphatic carbocycles. The van der Waals surface area contributed by atoms with Crippen molar-refractivity contribution in [2.75, 3.05) is 13.2 Å². The molecule has 0 bridgehead atoms. The van der Waals surface area contributed by atoms with E-state index in [0.29, 0.717) is 19.3 Å². The molecule has 2 aromatic carbocycles. The van der Waals surface area contributed by atoms with Gasteiger partial charge < -0.3 is 45.9 Å². The van der Waals surface area contributed by atoms with Crippen LogP contribution in [0.2, 0.25) is 0 Å². The van der Waals surface area contributed by atoms with Crippen LogP contribution in [0.15, 0.2) is 48.5 Å². The third kappa shape index (κ3) is 16.0. The number of carboxylic acid groups (broad SMARTS) is 1. The minimum absolute atomic E-state index is 0.0313. The Morgan fingerprint density at radius 3 is 1.74 bits per heavy atom. The van der Waals surface area contributed by atoms with Gasteiger partial charge in [0.1, 0.15) is 42.0 Å². The Labute approximate surface area is 365 Å². The molecule has 0 aromatic heterocycles. The standard InChI is InChI=1S/C46H67N5O11/c1-11-28(4)38(51-44(59)60-26-33-31-20-14-12-18-29(31)30-19-13-15-21-32(30)33)41(55)50-37(27(2)3)40(54)48-34(22-16-17-25-47-43(58)62-46(8,9)10)39(53)49-35(42(56)57)23-24-36(52)61-45(5,6)7/h12-15,18-21,27-28,33-35,37-38H,11,16-17,22-26H2,1-10H3,(H,47,58)(H,48,54)(H,49,53)(H,50,55)(H,51,59)(H,56,57). The van der Waals surface area contributed by atoms with E-state index in [1.807, 2.05) is 55.5 Å². The van der Waals surface area contributed by atoms with Crippen molar-refractivity contribution in [2.45, 2.75) is 149 Å². The minimum Gasteiger partial charge on any atom is -0.480 e. The van der Waals surface area contributed by atoms with Crippen LogP contribution < -0.4 is 26.6 Å². The fourth-order valence-electron chi connectivity index (χ4n) is 6.94. The number of rotatable bonds is 21. The van der Waals surface area contributed by atoms with E-state index in [1.165, 1.54) is 0 Å². The molecule has 0 spiro atoms. The van der Waals surface area contributed by atoms with Crippen LogP contribution in [0.4, 0.5) is 9.59 Å². The number of carbonyl (C=O) groups excluding carboxylic acids is 6. The lowest BCUT2D eigenvalue weighted by Crippen LogP contribution is -2.59. The molecule has 5 amide bonds. The number of alkyl carbamates (subject to hydrolysis) is 2. The van der Waals surface area contributed by atoms with Gasteiger partial charge in [0.05, 0.1) is 0 Å². The van der Waals surface area contributed by atoms with Crippen LogP contribution in [-0.2, 0) is 38.2 Å². The number of carboxylic acids is 1. The zero-order valence-corrected chi connectivity index (χ0v) is 37.8. The molecule has 62 heavy (non-hydrogen) atoms. The first-order valence-electron chi connectivity index (χ1n) is 21.4. The lowest BCUT2D eigenvalue weighted by Gasteiger charge is -2.29. The normalized spacial score (nSPS) is 14.8. The maximum Gasteiger partial charge on any atom is 0.407 e. The number of aliphatic carboxylic acids is 1. The summed E-state index contributed by atoms with van der Waals surface area (Å²) in [5.74, 6) is -5.26. The van der Waals surface area contributed by atoms with Crippen LogP contribution in [-0.4, -0.2) is 95.5 Å². The van der Waals surface area contributed by atoms with Gasteiger partial charge >= 0.3 is 24.1 Å². The summed E-state index contributed by atoms with van der Waals surface area (Å²) in [5, 5.41) is 23.2. The van der Waals surface area contributed by atoms with Gasteiger partial charge in [-0.3, -0.25) is 19.2 Å². The Morgan fingerprint density at radius 2 is 1.21 bits per heavy atom. The highest BCUT2D eigenvalue weighted by Crippen LogP contribution is 2.44. The molecule has 5 atom stereocenters. The van der Waals surface area contributed by atoms with E-state index in [0.717, 1.165) is 22.3 Å². The van der Waals surface area contributed by atoms with Crippen LogP contribution in [0.1, 0.15) is 125 Å². The number of hydrogen-bond acceptors (Lipinski definition) is 10. The van der Waals surface area contributed by atoms with Crippen molar-refractivity contribution < 1.29 is 52.9 Å². The van der Waals surface area contributed by atoms with E-state index in [2.05, 4.69) is 26.6 Å². The number of ether oxygens (including phenoxy) is 3. The maximum absolute atomic E-state index is 14.0. The zero-order valence-electron chi connectivity index (χ0n) is 37.8. The predicted molar refractivity (Wildman–Crippen MR) is 233 cm³/mol. The second kappa shape index (κ2) is 23.0. The summed E-state index contributed by atoms with van der Waals surface area (Å²) in [4.78, 5) is 91.6. The highest BCUT2D eigenvalue weighted by molar-refractivity contribution is 5.95. The molecular formula is C46H67N5O11. The monoisotopic (exact) mass is 865 g/mol. The molecular weight excluding hydrogens is 799 g/mol. The molecule has 16 nitrogen and oxygen atoms in total. The van der Waals surface area contributed by atoms with Crippen LogP contribution in [0, 0.1) is 11.8 Å². The molecule has 1 aliphatic rings. The molecule has 5 unspecified atom stereocenters. The van der Waals surface area contributed by atoms with E-state index in [4.69, 9.17) is 14.2 Å². The van der Waals surface area contributed by atoms with Gasteiger partial charge in [-0.05, 0) is 101 Å². The zero-order chi connectivity index (χ0) is 46.4. The first-order valence-corrected chi connectivity index (χ1v) is 21.4. The van der Waals surface area contributed by atoms with E-state index in [1.54, 1.807) is 62.3 Å². The summed E-state index contributed by atoms with van der Waals surface area (Å²) in [6.45, 7) is 17.5. The lowest BCUT2D eigenvalue weighted by molar-refractivity contribution is -0.155. The summed E-state index contributed by atoms with van der Waals surface area (Å²) in [6, 6.07) is 10.8. The minimum atomic E-state index is -1.48. The molecule has 0 heterocycles. The molecule has 342 valence electrons. The number of amides is 5. The highest BCUT2D eigenvalue weighted by atomic mass is 16.6. The van der Waals surface area contributed by atoms with Gasteiger partial charge in [-0.2, -0.15) is 0 Å². The van der Waals surface area contributed by atoms with Gasteiger partial charge in [-0.25, -0.2) is 14.4 Å². The molecule has 2 aromatic rings. The van der Waals surface area contributed by atoms with Gasteiger partial charge in [0.2, 0.25) is 17.7 Å². The van der Waals surface area contributed by atoms with Crippen molar-refractivity contribution >= 4 is 41.8 Å². The van der Waals surface area contributed by atoms with Crippen molar-refractivity contribution in [1.82, 2.24) is 26.6 Å². The summed E-state index contributed by atoms with van der Waals surface area (Å²) < 4.78 is 16.3. The van der Waals surface area contributed by atoms with Crippen LogP contribution in [0.3, 0.4) is 0 Å². The fourth-order valence-corrected chi connectivity index (χ4v) is 6.94. The second-order valence-electron chi connectivity index (χ2n) is 18.1. The second-order valence-corrected chi connectivity index (χ2v) is 18.1.